The second-order valence-electron chi connectivity index (χ2n) is 5.76. The zero-order valence-electron chi connectivity index (χ0n) is 13.8. The summed E-state index contributed by atoms with van der Waals surface area (Å²) in [7, 11) is 0. The lowest BCUT2D eigenvalue weighted by Gasteiger charge is -2.15. The van der Waals surface area contributed by atoms with Gasteiger partial charge < -0.3 is 10.6 Å². The van der Waals surface area contributed by atoms with Crippen LogP contribution in [0.25, 0.3) is 10.1 Å². The lowest BCUT2D eigenvalue weighted by Crippen LogP contribution is -2.25. The molecule has 0 spiro atoms. The molecule has 2 N–H and O–H groups in total. The standard InChI is InChI=1S/C19H17FN2O2S/c1-11(13-5-3-6-14(9-13)22-12(2)23)21-19(24)18-10-15-16(20)7-4-8-17(15)25-18/h3-11H,1-2H3,(H,21,24)(H,22,23). The van der Waals surface area contributed by atoms with E-state index in [1.807, 2.05) is 25.1 Å². The highest BCUT2D eigenvalue weighted by Crippen LogP contribution is 2.28. The SMILES string of the molecule is CC(=O)Nc1cccc(C(C)NC(=O)c2cc3c(F)cccc3s2)c1. The van der Waals surface area contributed by atoms with E-state index in [0.29, 0.717) is 16.0 Å². The van der Waals surface area contributed by atoms with Crippen LogP contribution in [0.5, 0.6) is 0 Å². The number of amides is 2. The zero-order valence-corrected chi connectivity index (χ0v) is 14.6. The van der Waals surface area contributed by atoms with Gasteiger partial charge in [-0.3, -0.25) is 9.59 Å². The number of anilines is 1. The summed E-state index contributed by atoms with van der Waals surface area (Å²) in [4.78, 5) is 24.1. The highest BCUT2D eigenvalue weighted by atomic mass is 32.1. The van der Waals surface area contributed by atoms with E-state index in [1.165, 1.54) is 24.3 Å². The maximum absolute atomic E-state index is 13.8. The van der Waals surface area contributed by atoms with E-state index in [-0.39, 0.29) is 23.7 Å². The summed E-state index contributed by atoms with van der Waals surface area (Å²) in [6, 6.07) is 13.4. The number of nitrogens with one attached hydrogen (secondary N) is 2. The second kappa shape index (κ2) is 7.03. The Morgan fingerprint density at radius 2 is 1.88 bits per heavy atom. The van der Waals surface area contributed by atoms with Gasteiger partial charge in [-0.1, -0.05) is 18.2 Å². The molecule has 0 bridgehead atoms. The van der Waals surface area contributed by atoms with Crippen LogP contribution in [0, 0.1) is 5.82 Å². The average molecular weight is 356 g/mol. The molecule has 0 radical (unpaired) electrons. The number of hydrogen-bond donors (Lipinski definition) is 2. The molecule has 1 aromatic heterocycles. The molecule has 3 rings (SSSR count). The molecule has 0 saturated carbocycles. The van der Waals surface area contributed by atoms with Gasteiger partial charge in [0.1, 0.15) is 5.82 Å². The first kappa shape index (κ1) is 17.1. The lowest BCUT2D eigenvalue weighted by atomic mass is 10.1. The van der Waals surface area contributed by atoms with Gasteiger partial charge in [0, 0.05) is 22.7 Å². The third-order valence-electron chi connectivity index (χ3n) is 3.79. The minimum absolute atomic E-state index is 0.152. The Labute approximate surface area is 148 Å². The molecule has 3 aromatic rings. The molecule has 0 aliphatic rings. The number of fused-ring (bicyclic) bond motifs is 1. The van der Waals surface area contributed by atoms with Gasteiger partial charge >= 0.3 is 0 Å². The van der Waals surface area contributed by atoms with Crippen LogP contribution >= 0.6 is 11.3 Å². The summed E-state index contributed by atoms with van der Waals surface area (Å²) in [5.41, 5.74) is 1.54. The number of benzene rings is 2. The molecule has 4 nitrogen and oxygen atoms in total. The summed E-state index contributed by atoms with van der Waals surface area (Å²) >= 11 is 1.26. The van der Waals surface area contributed by atoms with Crippen molar-refractivity contribution in [2.75, 3.05) is 5.32 Å². The Hall–Kier alpha value is -2.73. The number of carbonyl (C=O) groups is 2. The van der Waals surface area contributed by atoms with E-state index in [9.17, 15) is 14.0 Å². The number of rotatable bonds is 4. The van der Waals surface area contributed by atoms with Gasteiger partial charge in [-0.25, -0.2) is 4.39 Å². The zero-order chi connectivity index (χ0) is 18.0. The molecule has 2 amide bonds. The van der Waals surface area contributed by atoms with Gasteiger partial charge in [-0.05, 0) is 42.8 Å². The first-order valence-electron chi connectivity index (χ1n) is 7.80. The van der Waals surface area contributed by atoms with Gasteiger partial charge in [-0.2, -0.15) is 0 Å². The maximum Gasteiger partial charge on any atom is 0.261 e. The van der Waals surface area contributed by atoms with Crippen LogP contribution in [0.1, 0.15) is 35.1 Å². The molecule has 1 heterocycles. The lowest BCUT2D eigenvalue weighted by molar-refractivity contribution is -0.114. The summed E-state index contributed by atoms with van der Waals surface area (Å²) in [6.45, 7) is 3.30. The fourth-order valence-corrected chi connectivity index (χ4v) is 3.56. The number of hydrogen-bond acceptors (Lipinski definition) is 3. The summed E-state index contributed by atoms with van der Waals surface area (Å²) in [5.74, 6) is -0.733. The first-order chi connectivity index (χ1) is 11.9. The van der Waals surface area contributed by atoms with Gasteiger partial charge in [0.2, 0.25) is 5.91 Å². The van der Waals surface area contributed by atoms with Crippen molar-refractivity contribution < 1.29 is 14.0 Å². The molecular weight excluding hydrogens is 339 g/mol. The second-order valence-corrected chi connectivity index (χ2v) is 6.85. The van der Waals surface area contributed by atoms with Crippen molar-refractivity contribution in [1.29, 1.82) is 0 Å². The van der Waals surface area contributed by atoms with E-state index in [0.717, 1.165) is 10.3 Å². The molecule has 0 aliphatic carbocycles. The molecule has 128 valence electrons. The topological polar surface area (TPSA) is 58.2 Å². The van der Waals surface area contributed by atoms with Crippen LogP contribution in [-0.4, -0.2) is 11.8 Å². The van der Waals surface area contributed by atoms with E-state index < -0.39 is 0 Å². The highest BCUT2D eigenvalue weighted by molar-refractivity contribution is 7.20. The fraction of sp³-hybridized carbons (Fsp3) is 0.158. The maximum atomic E-state index is 13.8. The Kier molecular flexibility index (Phi) is 4.81. The van der Waals surface area contributed by atoms with E-state index >= 15 is 0 Å². The summed E-state index contributed by atoms with van der Waals surface area (Å²) in [5, 5.41) is 6.08. The Bertz CT molecular complexity index is 952. The molecule has 6 heteroatoms. The Balaban J connectivity index is 1.77. The van der Waals surface area contributed by atoms with Crippen molar-refractivity contribution in [3.63, 3.8) is 0 Å². The Morgan fingerprint density at radius 3 is 2.60 bits per heavy atom. The monoisotopic (exact) mass is 356 g/mol. The predicted molar refractivity (Wildman–Crippen MR) is 98.4 cm³/mol. The molecule has 0 fully saturated rings. The molecule has 1 unspecified atom stereocenters. The van der Waals surface area contributed by atoms with Crippen LogP contribution in [0.3, 0.4) is 0 Å². The van der Waals surface area contributed by atoms with E-state index in [1.54, 1.807) is 24.3 Å². The smallest absolute Gasteiger partial charge is 0.261 e. The average Bonchev–Trinajstić information content (AvgIpc) is 3.00. The van der Waals surface area contributed by atoms with Crippen molar-refractivity contribution >= 4 is 38.9 Å². The minimum Gasteiger partial charge on any atom is -0.345 e. The third-order valence-corrected chi connectivity index (χ3v) is 4.89. The highest BCUT2D eigenvalue weighted by Gasteiger charge is 2.15. The first-order valence-corrected chi connectivity index (χ1v) is 8.62. The van der Waals surface area contributed by atoms with Crippen molar-refractivity contribution in [1.82, 2.24) is 5.32 Å². The van der Waals surface area contributed by atoms with E-state index in [4.69, 9.17) is 0 Å². The minimum atomic E-state index is -0.330. The quantitative estimate of drug-likeness (QED) is 0.724. The summed E-state index contributed by atoms with van der Waals surface area (Å²) < 4.78 is 14.5. The molecule has 0 aliphatic heterocycles. The largest absolute Gasteiger partial charge is 0.345 e. The van der Waals surface area contributed by atoms with Crippen molar-refractivity contribution in [2.45, 2.75) is 19.9 Å². The van der Waals surface area contributed by atoms with Crippen LogP contribution in [0.2, 0.25) is 0 Å². The fourth-order valence-electron chi connectivity index (χ4n) is 2.58. The van der Waals surface area contributed by atoms with Crippen LogP contribution in [0.4, 0.5) is 10.1 Å². The van der Waals surface area contributed by atoms with Gasteiger partial charge in [0.15, 0.2) is 0 Å². The molecule has 1 atom stereocenters. The number of carbonyl (C=O) groups excluding carboxylic acids is 2. The Morgan fingerprint density at radius 1 is 1.12 bits per heavy atom. The van der Waals surface area contributed by atoms with Crippen molar-refractivity contribution in [3.05, 3.63) is 64.8 Å². The molecule has 25 heavy (non-hydrogen) atoms. The van der Waals surface area contributed by atoms with Gasteiger partial charge in [0.05, 0.1) is 10.9 Å². The van der Waals surface area contributed by atoms with Crippen molar-refractivity contribution in [2.24, 2.45) is 0 Å². The third kappa shape index (κ3) is 3.85. The van der Waals surface area contributed by atoms with E-state index in [2.05, 4.69) is 10.6 Å². The number of halogens is 1. The molecule has 0 saturated heterocycles. The summed E-state index contributed by atoms with van der Waals surface area (Å²) in [6.07, 6.45) is 0. The van der Waals surface area contributed by atoms with Crippen LogP contribution in [0.15, 0.2) is 48.5 Å². The number of thiophene rings is 1. The predicted octanol–water partition coefficient (Wildman–Crippen LogP) is 4.49. The molecule has 2 aromatic carbocycles. The van der Waals surface area contributed by atoms with Gasteiger partial charge in [0.25, 0.3) is 5.91 Å². The normalized spacial score (nSPS) is 12.0. The van der Waals surface area contributed by atoms with Crippen molar-refractivity contribution in [3.8, 4) is 0 Å². The molecular formula is C19H17FN2O2S. The van der Waals surface area contributed by atoms with Crippen LogP contribution in [-0.2, 0) is 4.79 Å². The van der Waals surface area contributed by atoms with Gasteiger partial charge in [-0.15, -0.1) is 11.3 Å². The van der Waals surface area contributed by atoms with Crippen LogP contribution < -0.4 is 10.6 Å².